The summed E-state index contributed by atoms with van der Waals surface area (Å²) < 4.78 is 3.75. The Hall–Kier alpha value is -8.15. The van der Waals surface area contributed by atoms with Gasteiger partial charge in [0.2, 0.25) is 0 Å². The molecule has 0 aliphatic rings. The number of anilines is 6. The first-order valence-corrected chi connectivity index (χ1v) is 21.8. The fraction of sp³-hybridized carbons (Fsp3) is 0.0678. The normalized spacial score (nSPS) is 11.2. The van der Waals surface area contributed by atoms with Gasteiger partial charge in [-0.1, -0.05) is 144 Å². The molecule has 0 atom stereocenters. The number of benzene rings is 9. The van der Waals surface area contributed by atoms with Crippen LogP contribution in [0.25, 0.3) is 44.7 Å². The minimum absolute atomic E-state index is 0.164. The van der Waals surface area contributed by atoms with E-state index in [-0.39, 0.29) is 5.69 Å². The third-order valence-electron chi connectivity index (χ3n) is 12.0. The maximum absolute atomic E-state index is 15.7. The molecule has 64 heavy (non-hydrogen) atoms. The molecule has 0 aliphatic heterocycles. The summed E-state index contributed by atoms with van der Waals surface area (Å²) in [7, 11) is 0. The van der Waals surface area contributed by atoms with Gasteiger partial charge in [0.1, 0.15) is 0 Å². The third-order valence-corrected chi connectivity index (χ3v) is 12.0. The van der Waals surface area contributed by atoms with E-state index in [1.54, 1.807) is 0 Å². The molecule has 0 aliphatic carbocycles. The summed E-state index contributed by atoms with van der Waals surface area (Å²) in [6.45, 7) is 8.43. The summed E-state index contributed by atoms with van der Waals surface area (Å²) in [6, 6.07) is 76.4. The Morgan fingerprint density at radius 3 is 0.906 bits per heavy atom. The highest BCUT2D eigenvalue weighted by molar-refractivity contribution is 5.87. The number of imidazole rings is 1. The molecule has 0 bridgehead atoms. The Morgan fingerprint density at radius 1 is 0.297 bits per heavy atom. The van der Waals surface area contributed by atoms with Crippen LogP contribution in [0.3, 0.4) is 0 Å². The summed E-state index contributed by atoms with van der Waals surface area (Å²) in [6.07, 6.45) is 0. The summed E-state index contributed by atoms with van der Waals surface area (Å²) in [4.78, 5) is 20.2. The molecule has 0 unspecified atom stereocenters. The molecule has 5 nitrogen and oxygen atoms in total. The second kappa shape index (κ2) is 17.0. The Balaban J connectivity index is 1.23. The van der Waals surface area contributed by atoms with E-state index < -0.39 is 0 Å². The maximum atomic E-state index is 15.7. The predicted octanol–water partition coefficient (Wildman–Crippen LogP) is 15.3. The maximum Gasteiger partial charge on any atom is 0.338 e. The van der Waals surface area contributed by atoms with Crippen LogP contribution in [0.1, 0.15) is 22.3 Å². The Labute approximate surface area is 375 Å². The number of hydrogen-bond donors (Lipinski definition) is 0. The van der Waals surface area contributed by atoms with E-state index in [0.29, 0.717) is 0 Å². The zero-order valence-electron chi connectivity index (χ0n) is 36.5. The van der Waals surface area contributed by atoms with E-state index in [1.165, 1.54) is 22.3 Å². The lowest BCUT2D eigenvalue weighted by Gasteiger charge is -2.27. The first-order valence-electron chi connectivity index (χ1n) is 21.8. The first kappa shape index (κ1) is 40.0. The van der Waals surface area contributed by atoms with Crippen LogP contribution in [0, 0.1) is 27.7 Å². The van der Waals surface area contributed by atoms with Crippen molar-refractivity contribution >= 4 is 45.2 Å². The smallest absolute Gasteiger partial charge is 0.310 e. The molecule has 0 amide bonds. The van der Waals surface area contributed by atoms with Gasteiger partial charge in [0.25, 0.3) is 0 Å². The topological polar surface area (TPSA) is 33.4 Å². The van der Waals surface area contributed by atoms with Gasteiger partial charge in [0.15, 0.2) is 0 Å². The van der Waals surface area contributed by atoms with Gasteiger partial charge < -0.3 is 9.80 Å². The Bertz CT molecular complexity index is 2980. The third kappa shape index (κ3) is 7.80. The highest BCUT2D eigenvalue weighted by atomic mass is 16.1. The van der Waals surface area contributed by atoms with Gasteiger partial charge in [0, 0.05) is 34.1 Å². The van der Waals surface area contributed by atoms with Crippen molar-refractivity contribution in [1.29, 1.82) is 0 Å². The number of para-hydroxylation sites is 2. The van der Waals surface area contributed by atoms with Crippen LogP contribution >= 0.6 is 0 Å². The second-order valence-corrected chi connectivity index (χ2v) is 16.7. The van der Waals surface area contributed by atoms with Crippen LogP contribution in [-0.2, 0) is 0 Å². The van der Waals surface area contributed by atoms with Gasteiger partial charge in [-0.15, -0.1) is 0 Å². The molecule has 10 rings (SSSR count). The highest BCUT2D eigenvalue weighted by Gasteiger charge is 2.22. The van der Waals surface area contributed by atoms with Crippen molar-refractivity contribution in [1.82, 2.24) is 9.13 Å². The fourth-order valence-electron chi connectivity index (χ4n) is 8.62. The van der Waals surface area contributed by atoms with Crippen LogP contribution < -0.4 is 15.5 Å². The molecule has 1 aromatic heterocycles. The number of fused-ring (bicyclic) bond motifs is 1. The largest absolute Gasteiger partial charge is 0.338 e. The number of hydrogen-bond acceptors (Lipinski definition) is 3. The van der Waals surface area contributed by atoms with Crippen molar-refractivity contribution < 1.29 is 0 Å². The Morgan fingerprint density at radius 2 is 0.594 bits per heavy atom. The molecule has 310 valence electrons. The minimum Gasteiger partial charge on any atom is -0.310 e. The van der Waals surface area contributed by atoms with Gasteiger partial charge in [-0.3, -0.25) is 9.13 Å². The molecule has 0 N–H and O–H groups in total. The average Bonchev–Trinajstić information content (AvgIpc) is 3.63. The number of aryl methyl sites for hydroxylation is 4. The monoisotopic (exact) mass is 828 g/mol. The molecule has 10 aromatic rings. The summed E-state index contributed by atoms with van der Waals surface area (Å²) in [5, 5.41) is 0. The lowest BCUT2D eigenvalue weighted by Crippen LogP contribution is -2.23. The molecule has 0 saturated heterocycles. The van der Waals surface area contributed by atoms with E-state index in [9.17, 15) is 0 Å². The van der Waals surface area contributed by atoms with Crippen molar-refractivity contribution in [2.24, 2.45) is 0 Å². The lowest BCUT2D eigenvalue weighted by molar-refractivity contribution is 0.930. The van der Waals surface area contributed by atoms with Gasteiger partial charge in [0.05, 0.1) is 22.4 Å². The number of aromatic nitrogens is 2. The van der Waals surface area contributed by atoms with E-state index in [0.717, 1.165) is 78.8 Å². The van der Waals surface area contributed by atoms with E-state index in [4.69, 9.17) is 0 Å². The average molecular weight is 829 g/mol. The molecule has 1 heterocycles. The van der Waals surface area contributed by atoms with E-state index in [1.807, 2.05) is 45.5 Å². The van der Waals surface area contributed by atoms with Gasteiger partial charge in [-0.05, 0) is 147 Å². The van der Waals surface area contributed by atoms with E-state index in [2.05, 4.69) is 219 Å². The molecule has 0 saturated carbocycles. The van der Waals surface area contributed by atoms with Crippen LogP contribution in [0.4, 0.5) is 34.1 Å². The molecule has 0 radical (unpaired) electrons. The van der Waals surface area contributed by atoms with E-state index >= 15 is 4.79 Å². The zero-order valence-corrected chi connectivity index (χ0v) is 36.5. The standard InChI is InChI=1S/C59H48N4O/c1-41-19-27-49(28-20-41)60(50-29-21-42(2)22-30-50)53-35-47(45-13-7-5-8-14-45)37-55(39-53)62-57-17-11-12-18-58(57)63(59(62)64)56-38-48(46-15-9-6-10-16-46)36-54(40-56)61(51-31-23-43(3)24-32-51)52-33-25-44(4)26-34-52/h5-40H,1-4H3. The van der Waals surface area contributed by atoms with Gasteiger partial charge >= 0.3 is 5.69 Å². The van der Waals surface area contributed by atoms with Crippen molar-refractivity contribution in [2.45, 2.75) is 27.7 Å². The second-order valence-electron chi connectivity index (χ2n) is 16.7. The van der Waals surface area contributed by atoms with Crippen molar-refractivity contribution in [3.63, 3.8) is 0 Å². The van der Waals surface area contributed by atoms with Crippen LogP contribution in [-0.4, -0.2) is 9.13 Å². The van der Waals surface area contributed by atoms with Crippen molar-refractivity contribution in [3.8, 4) is 33.6 Å². The molecule has 0 spiro atoms. The zero-order chi connectivity index (χ0) is 43.7. The predicted molar refractivity (Wildman–Crippen MR) is 268 cm³/mol. The Kier molecular flexibility index (Phi) is 10.6. The molecular formula is C59H48N4O. The number of rotatable bonds is 10. The molecule has 5 heteroatoms. The molecular weight excluding hydrogens is 781 g/mol. The molecule has 9 aromatic carbocycles. The van der Waals surface area contributed by atoms with Gasteiger partial charge in [-0.2, -0.15) is 0 Å². The van der Waals surface area contributed by atoms with Crippen LogP contribution in [0.2, 0.25) is 0 Å². The molecule has 0 fully saturated rings. The van der Waals surface area contributed by atoms with Crippen LogP contribution in [0.15, 0.2) is 223 Å². The summed E-state index contributed by atoms with van der Waals surface area (Å²) in [5.41, 5.74) is 17.8. The minimum atomic E-state index is -0.164. The van der Waals surface area contributed by atoms with Gasteiger partial charge in [-0.25, -0.2) is 4.79 Å². The summed E-state index contributed by atoms with van der Waals surface area (Å²) in [5.74, 6) is 0. The first-order chi connectivity index (χ1) is 31.3. The SMILES string of the molecule is Cc1ccc(N(c2ccc(C)cc2)c2cc(-c3ccccc3)cc(-n3c(=O)n(-c4cc(-c5ccccc5)cc(N(c5ccc(C)cc5)c5ccc(C)cc5)c4)c4ccccc43)c2)cc1. The fourth-order valence-corrected chi connectivity index (χ4v) is 8.62. The van der Waals surface area contributed by atoms with Crippen molar-refractivity contribution in [2.75, 3.05) is 9.80 Å². The summed E-state index contributed by atoms with van der Waals surface area (Å²) >= 11 is 0. The number of nitrogens with zero attached hydrogens (tertiary/aromatic N) is 4. The lowest BCUT2D eigenvalue weighted by atomic mass is 10.0. The highest BCUT2D eigenvalue weighted by Crippen LogP contribution is 2.41. The van der Waals surface area contributed by atoms with Crippen molar-refractivity contribution in [3.05, 3.63) is 251 Å². The quantitative estimate of drug-likeness (QED) is 0.138. The van der Waals surface area contributed by atoms with Crippen LogP contribution in [0.5, 0.6) is 0 Å².